The van der Waals surface area contributed by atoms with Crippen LogP contribution in [0.15, 0.2) is 0 Å². The van der Waals surface area contributed by atoms with Gasteiger partial charge in [-0.25, -0.2) is 4.98 Å². The number of aromatic amines is 1. The molecule has 1 aliphatic heterocycles. The highest BCUT2D eigenvalue weighted by Crippen LogP contribution is 2.40. The van der Waals surface area contributed by atoms with Gasteiger partial charge in [0.05, 0.1) is 5.69 Å². The molecule has 2 fully saturated rings. The normalized spacial score (nSPS) is 22.4. The van der Waals surface area contributed by atoms with Crippen molar-refractivity contribution < 1.29 is 0 Å². The molecule has 0 atom stereocenters. The lowest BCUT2D eigenvalue weighted by Gasteiger charge is -2.25. The fourth-order valence-corrected chi connectivity index (χ4v) is 2.15. The van der Waals surface area contributed by atoms with Crippen LogP contribution in [0.2, 0.25) is 0 Å². The summed E-state index contributed by atoms with van der Waals surface area (Å²) >= 11 is 0. The fourth-order valence-electron chi connectivity index (χ4n) is 2.15. The topological polar surface area (TPSA) is 40.7 Å². The molecule has 0 unspecified atom stereocenters. The minimum absolute atomic E-state index is 0.777. The van der Waals surface area contributed by atoms with Gasteiger partial charge in [0, 0.05) is 18.0 Å². The summed E-state index contributed by atoms with van der Waals surface area (Å²) in [4.78, 5) is 8.14. The first-order valence-electron chi connectivity index (χ1n) is 5.59. The number of rotatable bonds is 3. The predicted molar refractivity (Wildman–Crippen MR) is 55.4 cm³/mol. The second kappa shape index (κ2) is 3.09. The summed E-state index contributed by atoms with van der Waals surface area (Å²) in [5, 5.41) is 3.30. The quantitative estimate of drug-likeness (QED) is 0.757. The van der Waals surface area contributed by atoms with Crippen molar-refractivity contribution in [2.45, 2.75) is 32.1 Å². The summed E-state index contributed by atoms with van der Waals surface area (Å²) in [6.45, 7) is 4.49. The van der Waals surface area contributed by atoms with E-state index in [1.54, 1.807) is 0 Å². The molecule has 14 heavy (non-hydrogen) atoms. The van der Waals surface area contributed by atoms with Crippen molar-refractivity contribution in [2.24, 2.45) is 5.92 Å². The minimum Gasteiger partial charge on any atom is -0.346 e. The maximum atomic E-state index is 4.71. The summed E-state index contributed by atoms with van der Waals surface area (Å²) < 4.78 is 0. The van der Waals surface area contributed by atoms with Gasteiger partial charge < -0.3 is 10.3 Å². The predicted octanol–water partition coefficient (Wildman–Crippen LogP) is 1.36. The van der Waals surface area contributed by atoms with E-state index in [4.69, 9.17) is 4.98 Å². The van der Waals surface area contributed by atoms with Gasteiger partial charge in [0.2, 0.25) is 0 Å². The van der Waals surface area contributed by atoms with E-state index in [0.717, 1.165) is 18.3 Å². The van der Waals surface area contributed by atoms with E-state index in [1.165, 1.54) is 43.1 Å². The molecule has 3 heteroatoms. The number of H-pyrrole nitrogens is 1. The molecular formula is C11H17N3. The van der Waals surface area contributed by atoms with Crippen LogP contribution < -0.4 is 5.32 Å². The second-order valence-corrected chi connectivity index (χ2v) is 4.70. The van der Waals surface area contributed by atoms with Crippen molar-refractivity contribution in [2.75, 3.05) is 13.1 Å². The number of nitrogens with zero attached hydrogens (tertiary/aromatic N) is 1. The summed E-state index contributed by atoms with van der Waals surface area (Å²) in [5.74, 6) is 2.79. The van der Waals surface area contributed by atoms with Gasteiger partial charge in [-0.1, -0.05) is 0 Å². The van der Waals surface area contributed by atoms with Gasteiger partial charge in [0.1, 0.15) is 5.82 Å². The standard InChI is InChI=1S/C11H17N3/c1-7-11(9-2-3-9)14-10(13-7)4-8-5-12-6-8/h8-9,12H,2-6H2,1H3,(H,13,14). The van der Waals surface area contributed by atoms with Crippen molar-refractivity contribution >= 4 is 0 Å². The maximum absolute atomic E-state index is 4.71. The Labute approximate surface area is 84.3 Å². The SMILES string of the molecule is Cc1[nH]c(CC2CNC2)nc1C1CC1. The Morgan fingerprint density at radius 2 is 2.14 bits per heavy atom. The van der Waals surface area contributed by atoms with Crippen molar-refractivity contribution in [1.82, 2.24) is 15.3 Å². The monoisotopic (exact) mass is 191 g/mol. The van der Waals surface area contributed by atoms with Crippen LogP contribution in [0.1, 0.15) is 36.0 Å². The van der Waals surface area contributed by atoms with Crippen LogP contribution in [-0.4, -0.2) is 23.1 Å². The molecule has 0 amide bonds. The van der Waals surface area contributed by atoms with Crippen LogP contribution >= 0.6 is 0 Å². The van der Waals surface area contributed by atoms with E-state index in [2.05, 4.69) is 17.2 Å². The molecule has 3 rings (SSSR count). The molecule has 0 bridgehead atoms. The highest BCUT2D eigenvalue weighted by molar-refractivity contribution is 5.22. The fraction of sp³-hybridized carbons (Fsp3) is 0.727. The lowest BCUT2D eigenvalue weighted by atomic mass is 9.99. The lowest BCUT2D eigenvalue weighted by molar-refractivity contribution is 0.341. The largest absolute Gasteiger partial charge is 0.346 e. The first kappa shape index (κ1) is 8.48. The number of imidazole rings is 1. The zero-order valence-corrected chi connectivity index (χ0v) is 8.64. The summed E-state index contributed by atoms with van der Waals surface area (Å²) in [7, 11) is 0. The molecule has 1 saturated heterocycles. The van der Waals surface area contributed by atoms with Crippen LogP contribution in [-0.2, 0) is 6.42 Å². The van der Waals surface area contributed by atoms with Crippen LogP contribution in [0, 0.1) is 12.8 Å². The molecule has 1 aliphatic carbocycles. The van der Waals surface area contributed by atoms with Crippen molar-refractivity contribution in [3.8, 4) is 0 Å². The van der Waals surface area contributed by atoms with Crippen molar-refractivity contribution in [3.63, 3.8) is 0 Å². The molecule has 2 heterocycles. The van der Waals surface area contributed by atoms with Gasteiger partial charge >= 0.3 is 0 Å². The molecule has 1 saturated carbocycles. The van der Waals surface area contributed by atoms with Crippen molar-refractivity contribution in [1.29, 1.82) is 0 Å². The van der Waals surface area contributed by atoms with Crippen LogP contribution in [0.3, 0.4) is 0 Å². The smallest absolute Gasteiger partial charge is 0.106 e. The zero-order valence-electron chi connectivity index (χ0n) is 8.64. The highest BCUT2D eigenvalue weighted by atomic mass is 15.0. The number of hydrogen-bond donors (Lipinski definition) is 2. The van der Waals surface area contributed by atoms with Gasteiger partial charge in [-0.2, -0.15) is 0 Å². The summed E-state index contributed by atoms with van der Waals surface area (Å²) in [5.41, 5.74) is 2.64. The lowest BCUT2D eigenvalue weighted by Crippen LogP contribution is -2.43. The zero-order chi connectivity index (χ0) is 9.54. The Bertz CT molecular complexity index is 334. The molecule has 0 aromatic carbocycles. The van der Waals surface area contributed by atoms with Gasteiger partial charge in [-0.15, -0.1) is 0 Å². The second-order valence-electron chi connectivity index (χ2n) is 4.70. The third-order valence-corrected chi connectivity index (χ3v) is 3.28. The van der Waals surface area contributed by atoms with E-state index < -0.39 is 0 Å². The molecular weight excluding hydrogens is 174 g/mol. The molecule has 1 aromatic heterocycles. The molecule has 0 radical (unpaired) electrons. The third-order valence-electron chi connectivity index (χ3n) is 3.28. The summed E-state index contributed by atoms with van der Waals surface area (Å²) in [6, 6.07) is 0. The first-order valence-corrected chi connectivity index (χ1v) is 5.59. The molecule has 2 N–H and O–H groups in total. The van der Waals surface area contributed by atoms with E-state index in [0.29, 0.717) is 0 Å². The van der Waals surface area contributed by atoms with E-state index in [1.807, 2.05) is 0 Å². The Hall–Kier alpha value is -0.830. The third kappa shape index (κ3) is 1.46. The molecule has 3 nitrogen and oxygen atoms in total. The van der Waals surface area contributed by atoms with E-state index >= 15 is 0 Å². The van der Waals surface area contributed by atoms with Crippen LogP contribution in [0.4, 0.5) is 0 Å². The van der Waals surface area contributed by atoms with Gasteiger partial charge in [-0.3, -0.25) is 0 Å². The Balaban J connectivity index is 1.74. The Morgan fingerprint density at radius 3 is 2.71 bits per heavy atom. The summed E-state index contributed by atoms with van der Waals surface area (Å²) in [6.07, 6.45) is 3.81. The Kier molecular flexibility index (Phi) is 1.87. The molecule has 1 aromatic rings. The average molecular weight is 191 g/mol. The van der Waals surface area contributed by atoms with Gasteiger partial charge in [-0.05, 0) is 38.8 Å². The first-order chi connectivity index (χ1) is 6.83. The maximum Gasteiger partial charge on any atom is 0.106 e. The van der Waals surface area contributed by atoms with E-state index in [9.17, 15) is 0 Å². The minimum atomic E-state index is 0.777. The number of nitrogens with one attached hydrogen (secondary N) is 2. The average Bonchev–Trinajstić information content (AvgIpc) is 2.85. The van der Waals surface area contributed by atoms with Gasteiger partial charge in [0.25, 0.3) is 0 Å². The van der Waals surface area contributed by atoms with Crippen LogP contribution in [0.5, 0.6) is 0 Å². The molecule has 0 spiro atoms. The van der Waals surface area contributed by atoms with E-state index in [-0.39, 0.29) is 0 Å². The van der Waals surface area contributed by atoms with Crippen LogP contribution in [0.25, 0.3) is 0 Å². The highest BCUT2D eigenvalue weighted by Gasteiger charge is 2.28. The molecule has 76 valence electrons. The Morgan fingerprint density at radius 1 is 1.36 bits per heavy atom. The number of hydrogen-bond acceptors (Lipinski definition) is 2. The number of aromatic nitrogens is 2. The molecule has 2 aliphatic rings. The number of aryl methyl sites for hydroxylation is 1. The van der Waals surface area contributed by atoms with Gasteiger partial charge in [0.15, 0.2) is 0 Å². The van der Waals surface area contributed by atoms with Crippen molar-refractivity contribution in [3.05, 3.63) is 17.2 Å².